The smallest absolute Gasteiger partial charge is 0.337 e. The SMILES string of the molecule is COC(=O)c1ccc(NS(=O)(=O)c2cnc(Cl)s2)cc1. The number of halogens is 1. The number of nitrogens with zero attached hydrogens (tertiary/aromatic N) is 1. The number of carbonyl (C=O) groups excluding carboxylic acids is 1. The van der Waals surface area contributed by atoms with Gasteiger partial charge in [-0.2, -0.15) is 0 Å². The van der Waals surface area contributed by atoms with E-state index in [1.54, 1.807) is 0 Å². The van der Waals surface area contributed by atoms with Crippen LogP contribution in [0.5, 0.6) is 0 Å². The Morgan fingerprint density at radius 2 is 2.00 bits per heavy atom. The summed E-state index contributed by atoms with van der Waals surface area (Å²) in [5.74, 6) is -0.492. The molecule has 1 aromatic carbocycles. The van der Waals surface area contributed by atoms with Gasteiger partial charge in [0.15, 0.2) is 8.68 Å². The van der Waals surface area contributed by atoms with Gasteiger partial charge in [0, 0.05) is 5.69 Å². The summed E-state index contributed by atoms with van der Waals surface area (Å²) in [5, 5.41) is 0. The number of carbonyl (C=O) groups is 1. The zero-order valence-electron chi connectivity index (χ0n) is 10.2. The van der Waals surface area contributed by atoms with Crippen molar-refractivity contribution in [2.45, 2.75) is 4.21 Å². The first-order chi connectivity index (χ1) is 9.42. The Labute approximate surface area is 124 Å². The fourth-order valence-electron chi connectivity index (χ4n) is 1.36. The molecule has 1 aromatic heterocycles. The normalized spacial score (nSPS) is 11.1. The maximum Gasteiger partial charge on any atom is 0.337 e. The van der Waals surface area contributed by atoms with E-state index >= 15 is 0 Å². The number of anilines is 1. The average molecular weight is 333 g/mol. The number of methoxy groups -OCH3 is 1. The second-order valence-electron chi connectivity index (χ2n) is 3.61. The molecule has 6 nitrogen and oxygen atoms in total. The van der Waals surface area contributed by atoms with Gasteiger partial charge in [-0.05, 0) is 24.3 Å². The lowest BCUT2D eigenvalue weighted by molar-refractivity contribution is 0.0601. The highest BCUT2D eigenvalue weighted by Crippen LogP contribution is 2.24. The highest BCUT2D eigenvalue weighted by atomic mass is 35.5. The molecular formula is C11H9ClN2O4S2. The summed E-state index contributed by atoms with van der Waals surface area (Å²) in [5.41, 5.74) is 0.651. The molecule has 2 rings (SSSR count). The van der Waals surface area contributed by atoms with E-state index in [1.807, 2.05) is 0 Å². The third-order valence-corrected chi connectivity index (χ3v) is 5.24. The summed E-state index contributed by atoms with van der Waals surface area (Å²) in [6.45, 7) is 0. The van der Waals surface area contributed by atoms with E-state index in [0.717, 1.165) is 11.3 Å². The van der Waals surface area contributed by atoms with Gasteiger partial charge in [-0.3, -0.25) is 4.72 Å². The fraction of sp³-hybridized carbons (Fsp3) is 0.0909. The predicted molar refractivity (Wildman–Crippen MR) is 75.7 cm³/mol. The lowest BCUT2D eigenvalue weighted by Gasteiger charge is -2.06. The van der Waals surface area contributed by atoms with Gasteiger partial charge < -0.3 is 4.74 Å². The molecule has 0 spiro atoms. The number of nitrogens with one attached hydrogen (secondary N) is 1. The van der Waals surface area contributed by atoms with Crippen molar-refractivity contribution in [1.82, 2.24) is 4.98 Å². The van der Waals surface area contributed by atoms with Crippen LogP contribution in [0.3, 0.4) is 0 Å². The van der Waals surface area contributed by atoms with E-state index in [0.29, 0.717) is 11.3 Å². The number of hydrogen-bond donors (Lipinski definition) is 1. The molecule has 9 heteroatoms. The van der Waals surface area contributed by atoms with E-state index in [2.05, 4.69) is 14.4 Å². The quantitative estimate of drug-likeness (QED) is 0.869. The van der Waals surface area contributed by atoms with E-state index in [-0.39, 0.29) is 8.68 Å². The molecule has 0 fully saturated rings. The molecule has 0 aliphatic heterocycles. The number of rotatable bonds is 4. The first kappa shape index (κ1) is 14.8. The molecule has 0 amide bonds. The minimum atomic E-state index is -3.73. The number of ether oxygens (including phenoxy) is 1. The molecule has 2 aromatic rings. The van der Waals surface area contributed by atoms with Crippen LogP contribution in [0.25, 0.3) is 0 Å². The van der Waals surface area contributed by atoms with Crippen molar-refractivity contribution >= 4 is 44.6 Å². The molecule has 0 radical (unpaired) electrons. The number of sulfonamides is 1. The number of aromatic nitrogens is 1. The molecule has 0 saturated carbocycles. The second-order valence-corrected chi connectivity index (χ2v) is 7.13. The molecule has 106 valence electrons. The Balaban J connectivity index is 2.20. The molecule has 20 heavy (non-hydrogen) atoms. The first-order valence-electron chi connectivity index (χ1n) is 5.25. The predicted octanol–water partition coefficient (Wildman–Crippen LogP) is 2.38. The highest BCUT2D eigenvalue weighted by Gasteiger charge is 2.17. The van der Waals surface area contributed by atoms with Gasteiger partial charge in [-0.1, -0.05) is 22.9 Å². The third kappa shape index (κ3) is 3.27. The maximum absolute atomic E-state index is 12.0. The van der Waals surface area contributed by atoms with Crippen LogP contribution in [0, 0.1) is 0 Å². The summed E-state index contributed by atoms with van der Waals surface area (Å²) in [4.78, 5) is 14.9. The van der Waals surface area contributed by atoms with E-state index in [9.17, 15) is 13.2 Å². The van der Waals surface area contributed by atoms with Crippen molar-refractivity contribution < 1.29 is 17.9 Å². The van der Waals surface area contributed by atoms with Crippen LogP contribution in [-0.2, 0) is 14.8 Å². The first-order valence-corrected chi connectivity index (χ1v) is 7.92. The molecule has 0 aliphatic rings. The number of esters is 1. The van der Waals surface area contributed by atoms with Crippen LogP contribution in [0.2, 0.25) is 4.47 Å². The van der Waals surface area contributed by atoms with Crippen LogP contribution in [0.4, 0.5) is 5.69 Å². The molecule has 0 bridgehead atoms. The summed E-state index contributed by atoms with van der Waals surface area (Å²) >= 11 is 6.46. The molecule has 1 N–H and O–H groups in total. The van der Waals surface area contributed by atoms with Gasteiger partial charge in [0.1, 0.15) is 0 Å². The Morgan fingerprint density at radius 3 is 2.50 bits per heavy atom. The standard InChI is InChI=1S/C11H9ClN2O4S2/c1-18-10(15)7-2-4-8(5-3-7)14-20(16,17)9-6-13-11(12)19-9/h2-6,14H,1H3. The summed E-state index contributed by atoms with van der Waals surface area (Å²) in [7, 11) is -2.46. The van der Waals surface area contributed by atoms with Crippen LogP contribution < -0.4 is 4.72 Å². The number of thiazole rings is 1. The zero-order valence-corrected chi connectivity index (χ0v) is 12.6. The van der Waals surface area contributed by atoms with Crippen LogP contribution in [0.1, 0.15) is 10.4 Å². The van der Waals surface area contributed by atoms with Gasteiger partial charge in [-0.15, -0.1) is 0 Å². The Hall–Kier alpha value is -1.64. The van der Waals surface area contributed by atoms with E-state index in [1.165, 1.54) is 37.6 Å². The van der Waals surface area contributed by atoms with Crippen molar-refractivity contribution in [1.29, 1.82) is 0 Å². The molecule has 0 aliphatic carbocycles. The van der Waals surface area contributed by atoms with Crippen LogP contribution in [-0.4, -0.2) is 26.5 Å². The van der Waals surface area contributed by atoms with Gasteiger partial charge in [0.2, 0.25) is 0 Å². The number of benzene rings is 1. The van der Waals surface area contributed by atoms with Crippen molar-refractivity contribution in [3.63, 3.8) is 0 Å². The lowest BCUT2D eigenvalue weighted by Crippen LogP contribution is -2.11. The number of hydrogen-bond acceptors (Lipinski definition) is 6. The minimum absolute atomic E-state index is 0.0135. The average Bonchev–Trinajstić information content (AvgIpc) is 2.86. The van der Waals surface area contributed by atoms with Crippen molar-refractivity contribution in [3.8, 4) is 0 Å². The second kappa shape index (κ2) is 5.78. The molecular weight excluding hydrogens is 324 g/mol. The lowest BCUT2D eigenvalue weighted by atomic mass is 10.2. The fourth-order valence-corrected chi connectivity index (χ4v) is 3.71. The molecule has 0 unspecified atom stereocenters. The van der Waals surface area contributed by atoms with E-state index < -0.39 is 16.0 Å². The molecule has 0 atom stereocenters. The van der Waals surface area contributed by atoms with Gasteiger partial charge in [0.25, 0.3) is 10.0 Å². The van der Waals surface area contributed by atoms with Gasteiger partial charge in [0.05, 0.1) is 18.9 Å². The molecule has 0 saturated heterocycles. The zero-order chi connectivity index (χ0) is 14.8. The van der Waals surface area contributed by atoms with Gasteiger partial charge in [-0.25, -0.2) is 18.2 Å². The summed E-state index contributed by atoms with van der Waals surface area (Å²) < 4.78 is 31.1. The van der Waals surface area contributed by atoms with Crippen LogP contribution in [0.15, 0.2) is 34.7 Å². The third-order valence-electron chi connectivity index (χ3n) is 2.28. The largest absolute Gasteiger partial charge is 0.465 e. The highest BCUT2D eigenvalue weighted by molar-refractivity contribution is 7.94. The minimum Gasteiger partial charge on any atom is -0.465 e. The van der Waals surface area contributed by atoms with Gasteiger partial charge >= 0.3 is 5.97 Å². The Morgan fingerprint density at radius 1 is 1.35 bits per heavy atom. The van der Waals surface area contributed by atoms with Crippen LogP contribution >= 0.6 is 22.9 Å². The monoisotopic (exact) mass is 332 g/mol. The topological polar surface area (TPSA) is 85.4 Å². The van der Waals surface area contributed by atoms with Crippen molar-refractivity contribution in [3.05, 3.63) is 40.5 Å². The Bertz CT molecular complexity index is 725. The molecule has 1 heterocycles. The van der Waals surface area contributed by atoms with Crippen molar-refractivity contribution in [2.75, 3.05) is 11.8 Å². The maximum atomic E-state index is 12.0. The summed E-state index contributed by atoms with van der Waals surface area (Å²) in [6.07, 6.45) is 1.18. The summed E-state index contributed by atoms with van der Waals surface area (Å²) in [6, 6.07) is 5.85. The van der Waals surface area contributed by atoms with Crippen molar-refractivity contribution in [2.24, 2.45) is 0 Å². The Kier molecular flexibility index (Phi) is 4.26. The van der Waals surface area contributed by atoms with E-state index in [4.69, 9.17) is 11.6 Å².